The van der Waals surface area contributed by atoms with Crippen LogP contribution in [0.3, 0.4) is 0 Å². The van der Waals surface area contributed by atoms with Crippen LogP contribution in [0.25, 0.3) is 11.0 Å². The predicted molar refractivity (Wildman–Crippen MR) is 121 cm³/mol. The molecule has 0 fully saturated rings. The monoisotopic (exact) mass is 383 g/mol. The Bertz CT molecular complexity index is 1180. The molecule has 4 aromatic rings. The van der Waals surface area contributed by atoms with E-state index in [4.69, 9.17) is 4.99 Å². The minimum Gasteiger partial charge on any atom is -0.307 e. The lowest BCUT2D eigenvalue weighted by molar-refractivity contribution is 0.519. The van der Waals surface area contributed by atoms with E-state index in [2.05, 4.69) is 103 Å². The van der Waals surface area contributed by atoms with Crippen molar-refractivity contribution in [3.05, 3.63) is 101 Å². The maximum atomic E-state index is 4.72. The summed E-state index contributed by atoms with van der Waals surface area (Å²) in [5.41, 5.74) is 8.71. The fraction of sp³-hybridized carbons (Fsp3) is 0.269. The average Bonchev–Trinajstić information content (AvgIpc) is 3.05. The highest BCUT2D eigenvalue weighted by Crippen LogP contribution is 2.21. The minimum atomic E-state index is 0.306. The van der Waals surface area contributed by atoms with Gasteiger partial charge < -0.3 is 9.13 Å². The molecule has 0 radical (unpaired) electrons. The molecule has 0 bridgehead atoms. The van der Waals surface area contributed by atoms with Gasteiger partial charge in [-0.15, -0.1) is 0 Å². The highest BCUT2D eigenvalue weighted by Gasteiger charge is 2.16. The standard InChI is InChI=1S/C26H29N3/c1-19-9-13-22(14-10-19)17-21(3)29-25-8-6-5-7-24(25)28(26(29)27-4)18-23-15-11-20(2)12-16-23/h5-16,21H,17-18H2,1-4H3. The summed E-state index contributed by atoms with van der Waals surface area (Å²) >= 11 is 0. The van der Waals surface area contributed by atoms with Gasteiger partial charge in [0.05, 0.1) is 17.6 Å². The van der Waals surface area contributed by atoms with E-state index in [9.17, 15) is 0 Å². The number of hydrogen-bond acceptors (Lipinski definition) is 1. The van der Waals surface area contributed by atoms with Gasteiger partial charge in [-0.3, -0.25) is 4.99 Å². The highest BCUT2D eigenvalue weighted by molar-refractivity contribution is 5.76. The van der Waals surface area contributed by atoms with Crippen molar-refractivity contribution in [1.29, 1.82) is 0 Å². The molecule has 0 spiro atoms. The summed E-state index contributed by atoms with van der Waals surface area (Å²) < 4.78 is 4.73. The Morgan fingerprint density at radius 1 is 0.759 bits per heavy atom. The molecule has 0 aliphatic rings. The molecule has 148 valence electrons. The van der Waals surface area contributed by atoms with Crippen LogP contribution < -0.4 is 5.62 Å². The fourth-order valence-corrected chi connectivity index (χ4v) is 4.09. The van der Waals surface area contributed by atoms with Gasteiger partial charge >= 0.3 is 0 Å². The summed E-state index contributed by atoms with van der Waals surface area (Å²) in [7, 11) is 1.90. The van der Waals surface area contributed by atoms with Crippen molar-refractivity contribution in [2.24, 2.45) is 4.99 Å². The molecule has 3 aromatic carbocycles. The van der Waals surface area contributed by atoms with E-state index >= 15 is 0 Å². The van der Waals surface area contributed by atoms with Gasteiger partial charge in [-0.2, -0.15) is 0 Å². The molecule has 0 saturated heterocycles. The van der Waals surface area contributed by atoms with Gasteiger partial charge in [0.2, 0.25) is 5.62 Å². The second-order valence-corrected chi connectivity index (χ2v) is 7.99. The van der Waals surface area contributed by atoms with Crippen molar-refractivity contribution >= 4 is 11.0 Å². The van der Waals surface area contributed by atoms with Crippen LogP contribution in [-0.4, -0.2) is 16.2 Å². The first-order valence-corrected chi connectivity index (χ1v) is 10.3. The van der Waals surface area contributed by atoms with E-state index in [1.165, 1.54) is 33.3 Å². The van der Waals surface area contributed by atoms with Crippen LogP contribution in [0.15, 0.2) is 77.8 Å². The lowest BCUT2D eigenvalue weighted by Crippen LogP contribution is -2.29. The molecule has 0 amide bonds. The number of nitrogens with zero attached hydrogens (tertiary/aromatic N) is 3. The summed E-state index contributed by atoms with van der Waals surface area (Å²) in [5, 5.41) is 0. The van der Waals surface area contributed by atoms with Crippen molar-refractivity contribution < 1.29 is 0 Å². The Hall–Kier alpha value is -3.07. The SMILES string of the molecule is CN=c1n(Cc2ccc(C)cc2)c2ccccc2n1C(C)Cc1ccc(C)cc1. The third-order valence-electron chi connectivity index (χ3n) is 5.64. The Labute approximate surface area is 173 Å². The Kier molecular flexibility index (Phi) is 5.39. The summed E-state index contributed by atoms with van der Waals surface area (Å²) in [5.74, 6) is 0. The van der Waals surface area contributed by atoms with Crippen molar-refractivity contribution in [2.45, 2.75) is 39.8 Å². The quantitative estimate of drug-likeness (QED) is 0.438. The largest absolute Gasteiger partial charge is 0.307 e. The third kappa shape index (κ3) is 3.91. The number of para-hydroxylation sites is 2. The minimum absolute atomic E-state index is 0.306. The summed E-state index contributed by atoms with van der Waals surface area (Å²) in [6.07, 6.45) is 0.978. The number of hydrogen-bond donors (Lipinski definition) is 0. The van der Waals surface area contributed by atoms with E-state index in [0.717, 1.165) is 18.6 Å². The van der Waals surface area contributed by atoms with Gasteiger partial charge in [0.15, 0.2) is 0 Å². The second kappa shape index (κ2) is 8.12. The van der Waals surface area contributed by atoms with Crippen LogP contribution in [0.2, 0.25) is 0 Å². The number of aromatic nitrogens is 2. The van der Waals surface area contributed by atoms with Crippen LogP contribution in [-0.2, 0) is 13.0 Å². The van der Waals surface area contributed by atoms with Crippen molar-refractivity contribution in [2.75, 3.05) is 7.05 Å². The molecule has 0 aliphatic carbocycles. The van der Waals surface area contributed by atoms with Gasteiger partial charge in [-0.05, 0) is 50.5 Å². The molecular weight excluding hydrogens is 354 g/mol. The molecule has 3 nitrogen and oxygen atoms in total. The zero-order valence-corrected chi connectivity index (χ0v) is 17.8. The summed E-state index contributed by atoms with van der Waals surface area (Å²) in [6.45, 7) is 7.37. The first kappa shape index (κ1) is 19.3. The Morgan fingerprint density at radius 2 is 1.31 bits per heavy atom. The van der Waals surface area contributed by atoms with E-state index in [1.54, 1.807) is 0 Å². The maximum absolute atomic E-state index is 4.72. The van der Waals surface area contributed by atoms with E-state index < -0.39 is 0 Å². The first-order valence-electron chi connectivity index (χ1n) is 10.3. The van der Waals surface area contributed by atoms with Gasteiger partial charge in [0, 0.05) is 13.1 Å². The summed E-state index contributed by atoms with van der Waals surface area (Å²) in [6, 6.07) is 26.6. The highest BCUT2D eigenvalue weighted by atomic mass is 15.2. The van der Waals surface area contributed by atoms with E-state index in [-0.39, 0.29) is 0 Å². The molecule has 1 unspecified atom stereocenters. The fourth-order valence-electron chi connectivity index (χ4n) is 4.09. The lowest BCUT2D eigenvalue weighted by atomic mass is 10.1. The molecule has 4 rings (SSSR count). The van der Waals surface area contributed by atoms with Crippen LogP contribution in [0.4, 0.5) is 0 Å². The average molecular weight is 384 g/mol. The lowest BCUT2D eigenvalue weighted by Gasteiger charge is -2.15. The number of fused-ring (bicyclic) bond motifs is 1. The van der Waals surface area contributed by atoms with Gasteiger partial charge in [-0.25, -0.2) is 0 Å². The molecular formula is C26H29N3. The van der Waals surface area contributed by atoms with Crippen molar-refractivity contribution in [1.82, 2.24) is 9.13 Å². The maximum Gasteiger partial charge on any atom is 0.206 e. The summed E-state index contributed by atoms with van der Waals surface area (Å²) in [4.78, 5) is 4.72. The molecule has 1 heterocycles. The van der Waals surface area contributed by atoms with Crippen LogP contribution in [0, 0.1) is 13.8 Å². The van der Waals surface area contributed by atoms with Gasteiger partial charge in [0.25, 0.3) is 0 Å². The third-order valence-corrected chi connectivity index (χ3v) is 5.64. The number of rotatable bonds is 5. The second-order valence-electron chi connectivity index (χ2n) is 7.99. The van der Waals surface area contributed by atoms with Crippen molar-refractivity contribution in [3.63, 3.8) is 0 Å². The zero-order valence-electron chi connectivity index (χ0n) is 17.8. The number of benzene rings is 3. The smallest absolute Gasteiger partial charge is 0.206 e. The van der Waals surface area contributed by atoms with E-state index in [0.29, 0.717) is 6.04 Å². The van der Waals surface area contributed by atoms with Crippen LogP contribution >= 0.6 is 0 Å². The molecule has 3 heteroatoms. The van der Waals surface area contributed by atoms with Crippen LogP contribution in [0.1, 0.15) is 35.2 Å². The molecule has 29 heavy (non-hydrogen) atoms. The normalized spacial score (nSPS) is 13.2. The molecule has 0 aliphatic heterocycles. The van der Waals surface area contributed by atoms with Gasteiger partial charge in [-0.1, -0.05) is 71.8 Å². The number of aryl methyl sites for hydroxylation is 2. The molecule has 1 aromatic heterocycles. The Balaban J connectivity index is 1.79. The topological polar surface area (TPSA) is 22.2 Å². The zero-order chi connectivity index (χ0) is 20.4. The van der Waals surface area contributed by atoms with E-state index in [1.807, 2.05) is 7.05 Å². The Morgan fingerprint density at radius 3 is 1.90 bits per heavy atom. The first-order chi connectivity index (χ1) is 14.1. The molecule has 0 saturated carbocycles. The predicted octanol–water partition coefficient (Wildman–Crippen LogP) is 5.44. The van der Waals surface area contributed by atoms with Crippen molar-refractivity contribution in [3.8, 4) is 0 Å². The molecule has 0 N–H and O–H groups in total. The molecule has 1 atom stereocenters. The number of imidazole rings is 1. The van der Waals surface area contributed by atoms with Crippen LogP contribution in [0.5, 0.6) is 0 Å². The van der Waals surface area contributed by atoms with Gasteiger partial charge in [0.1, 0.15) is 0 Å².